The van der Waals surface area contributed by atoms with Gasteiger partial charge in [0.05, 0.1) is 13.3 Å². The van der Waals surface area contributed by atoms with E-state index in [0.717, 1.165) is 11.4 Å². The minimum atomic E-state index is -0.289. The predicted molar refractivity (Wildman–Crippen MR) is 108 cm³/mol. The van der Waals surface area contributed by atoms with Crippen molar-refractivity contribution in [2.75, 3.05) is 11.6 Å². The van der Waals surface area contributed by atoms with E-state index >= 15 is 0 Å². The summed E-state index contributed by atoms with van der Waals surface area (Å²) < 4.78 is 15.1. The van der Waals surface area contributed by atoms with Gasteiger partial charge in [-0.05, 0) is 50.6 Å². The van der Waals surface area contributed by atoms with Crippen molar-refractivity contribution < 1.29 is 4.39 Å². The first kappa shape index (κ1) is 18.4. The highest BCUT2D eigenvalue weighted by molar-refractivity contribution is 5.58. The molecule has 2 heterocycles. The van der Waals surface area contributed by atoms with Gasteiger partial charge < -0.3 is 0 Å². The van der Waals surface area contributed by atoms with Crippen LogP contribution in [0.5, 0.6) is 0 Å². The van der Waals surface area contributed by atoms with Crippen LogP contribution in [0, 0.1) is 26.6 Å². The first-order valence-corrected chi connectivity index (χ1v) is 9.31. The molecule has 1 aromatic heterocycles. The smallest absolute Gasteiger partial charge is 0.259 e. The Morgan fingerprint density at radius 3 is 2.32 bits per heavy atom. The minimum absolute atomic E-state index is 0.0387. The van der Waals surface area contributed by atoms with Crippen LogP contribution in [0.15, 0.2) is 53.3 Å². The minimum Gasteiger partial charge on any atom is -0.298 e. The Labute approximate surface area is 163 Å². The summed E-state index contributed by atoms with van der Waals surface area (Å²) in [5.41, 5.74) is 4.53. The van der Waals surface area contributed by atoms with Crippen LogP contribution in [0.25, 0.3) is 0 Å². The summed E-state index contributed by atoms with van der Waals surface area (Å²) in [7, 11) is 0. The summed E-state index contributed by atoms with van der Waals surface area (Å²) in [6.07, 6.45) is 0. The van der Waals surface area contributed by atoms with Crippen molar-refractivity contribution in [3.05, 3.63) is 87.1 Å². The number of hydrogen-bond acceptors (Lipinski definition) is 4. The molecular weight excluding hydrogens is 355 g/mol. The Balaban J connectivity index is 1.75. The van der Waals surface area contributed by atoms with E-state index in [1.807, 2.05) is 11.8 Å². The van der Waals surface area contributed by atoms with Crippen LogP contribution in [0.1, 0.15) is 22.4 Å². The van der Waals surface area contributed by atoms with Crippen molar-refractivity contribution >= 4 is 11.6 Å². The second-order valence-electron chi connectivity index (χ2n) is 7.36. The number of aryl methyl sites for hydroxylation is 2. The van der Waals surface area contributed by atoms with Crippen LogP contribution in [-0.2, 0) is 13.2 Å². The lowest BCUT2D eigenvalue weighted by Gasteiger charge is -2.38. The molecule has 1 aliphatic heterocycles. The quantitative estimate of drug-likeness (QED) is 0.694. The van der Waals surface area contributed by atoms with Crippen molar-refractivity contribution in [1.82, 2.24) is 14.5 Å². The SMILES string of the molecule is Cc1ccc(CN2CN(c3ccc(F)cc3)c3nc(C)c(C)c(=O)n3C2)cc1. The molecule has 6 heteroatoms. The molecule has 0 bridgehead atoms. The van der Waals surface area contributed by atoms with Gasteiger partial charge in [0.2, 0.25) is 5.95 Å². The molecule has 0 saturated carbocycles. The van der Waals surface area contributed by atoms with Crippen LogP contribution < -0.4 is 10.5 Å². The number of fused-ring (bicyclic) bond motifs is 1. The molecule has 0 fully saturated rings. The van der Waals surface area contributed by atoms with Gasteiger partial charge in [-0.1, -0.05) is 29.8 Å². The highest BCUT2D eigenvalue weighted by Crippen LogP contribution is 2.28. The summed E-state index contributed by atoms with van der Waals surface area (Å²) >= 11 is 0. The lowest BCUT2D eigenvalue weighted by Crippen LogP contribution is -2.47. The molecule has 0 radical (unpaired) electrons. The van der Waals surface area contributed by atoms with E-state index in [2.05, 4.69) is 41.1 Å². The molecule has 0 aliphatic carbocycles. The fourth-order valence-electron chi connectivity index (χ4n) is 3.45. The fraction of sp³-hybridized carbons (Fsp3) is 0.273. The first-order valence-electron chi connectivity index (χ1n) is 9.31. The number of halogens is 1. The zero-order valence-electron chi connectivity index (χ0n) is 16.3. The zero-order chi connectivity index (χ0) is 19.8. The summed E-state index contributed by atoms with van der Waals surface area (Å²) in [6, 6.07) is 14.7. The van der Waals surface area contributed by atoms with E-state index in [-0.39, 0.29) is 11.4 Å². The summed E-state index contributed by atoms with van der Waals surface area (Å²) in [5, 5.41) is 0. The van der Waals surface area contributed by atoms with Crippen molar-refractivity contribution in [3.63, 3.8) is 0 Å². The lowest BCUT2D eigenvalue weighted by molar-refractivity contribution is 0.190. The topological polar surface area (TPSA) is 41.4 Å². The molecule has 1 aliphatic rings. The number of nitrogens with zero attached hydrogens (tertiary/aromatic N) is 4. The summed E-state index contributed by atoms with van der Waals surface area (Å²) in [6.45, 7) is 7.45. The van der Waals surface area contributed by atoms with Gasteiger partial charge in [0, 0.05) is 23.5 Å². The molecule has 2 aromatic carbocycles. The van der Waals surface area contributed by atoms with E-state index in [4.69, 9.17) is 0 Å². The van der Waals surface area contributed by atoms with E-state index in [9.17, 15) is 9.18 Å². The maximum Gasteiger partial charge on any atom is 0.259 e. The second kappa shape index (κ2) is 7.20. The zero-order valence-corrected chi connectivity index (χ0v) is 16.3. The maximum absolute atomic E-state index is 13.4. The normalized spacial score (nSPS) is 14.2. The second-order valence-corrected chi connectivity index (χ2v) is 7.36. The molecule has 0 N–H and O–H groups in total. The van der Waals surface area contributed by atoms with E-state index in [0.29, 0.717) is 31.4 Å². The number of aromatic nitrogens is 2. The molecule has 4 rings (SSSR count). The molecule has 28 heavy (non-hydrogen) atoms. The summed E-state index contributed by atoms with van der Waals surface area (Å²) in [5.74, 6) is 0.308. The van der Waals surface area contributed by atoms with E-state index < -0.39 is 0 Å². The van der Waals surface area contributed by atoms with Gasteiger partial charge in [-0.15, -0.1) is 0 Å². The Bertz CT molecular complexity index is 1060. The number of hydrogen-bond donors (Lipinski definition) is 0. The number of anilines is 2. The molecule has 144 valence electrons. The largest absolute Gasteiger partial charge is 0.298 e. The highest BCUT2D eigenvalue weighted by Gasteiger charge is 2.27. The molecular formula is C22H23FN4O. The monoisotopic (exact) mass is 378 g/mol. The fourth-order valence-corrected chi connectivity index (χ4v) is 3.45. The molecule has 0 amide bonds. The van der Waals surface area contributed by atoms with Crippen LogP contribution in [0.3, 0.4) is 0 Å². The molecule has 5 nitrogen and oxygen atoms in total. The van der Waals surface area contributed by atoms with Crippen molar-refractivity contribution in [2.24, 2.45) is 0 Å². The van der Waals surface area contributed by atoms with Gasteiger partial charge in [0.15, 0.2) is 0 Å². The average Bonchev–Trinajstić information content (AvgIpc) is 2.69. The lowest BCUT2D eigenvalue weighted by atomic mass is 10.1. The average molecular weight is 378 g/mol. The molecule has 0 atom stereocenters. The van der Waals surface area contributed by atoms with Crippen LogP contribution in [-0.4, -0.2) is 21.1 Å². The van der Waals surface area contributed by atoms with Gasteiger partial charge in [-0.2, -0.15) is 0 Å². The maximum atomic E-state index is 13.4. The number of rotatable bonds is 3. The Morgan fingerprint density at radius 1 is 0.964 bits per heavy atom. The Hall–Kier alpha value is -2.99. The van der Waals surface area contributed by atoms with Crippen molar-refractivity contribution in [1.29, 1.82) is 0 Å². The van der Waals surface area contributed by atoms with Crippen LogP contribution in [0.2, 0.25) is 0 Å². The standard InChI is InChI=1S/C22H23FN4O/c1-15-4-6-18(7-5-15)12-25-13-26(20-10-8-19(23)9-11-20)22-24-17(3)16(2)21(28)27(22)14-25/h4-11H,12-14H2,1-3H3. The Morgan fingerprint density at radius 2 is 1.64 bits per heavy atom. The molecule has 3 aromatic rings. The number of benzene rings is 2. The van der Waals surface area contributed by atoms with Crippen LogP contribution in [0.4, 0.5) is 16.0 Å². The van der Waals surface area contributed by atoms with Gasteiger partial charge in [-0.25, -0.2) is 9.37 Å². The van der Waals surface area contributed by atoms with Crippen molar-refractivity contribution in [2.45, 2.75) is 34.0 Å². The van der Waals surface area contributed by atoms with E-state index in [1.165, 1.54) is 23.3 Å². The molecule has 0 unspecified atom stereocenters. The predicted octanol–water partition coefficient (Wildman–Crippen LogP) is 3.88. The Kier molecular flexibility index (Phi) is 4.73. The third-order valence-electron chi connectivity index (χ3n) is 5.21. The summed E-state index contributed by atoms with van der Waals surface area (Å²) in [4.78, 5) is 21.7. The molecule has 0 spiro atoms. The third-order valence-corrected chi connectivity index (χ3v) is 5.21. The first-order chi connectivity index (χ1) is 13.4. The van der Waals surface area contributed by atoms with Gasteiger partial charge in [-0.3, -0.25) is 19.2 Å². The highest BCUT2D eigenvalue weighted by atomic mass is 19.1. The van der Waals surface area contributed by atoms with Gasteiger partial charge in [0.25, 0.3) is 5.56 Å². The van der Waals surface area contributed by atoms with Crippen molar-refractivity contribution in [3.8, 4) is 0 Å². The third kappa shape index (κ3) is 3.43. The van der Waals surface area contributed by atoms with Gasteiger partial charge >= 0.3 is 0 Å². The van der Waals surface area contributed by atoms with E-state index in [1.54, 1.807) is 23.6 Å². The van der Waals surface area contributed by atoms with Gasteiger partial charge in [0.1, 0.15) is 5.82 Å². The molecule has 0 saturated heterocycles. The van der Waals surface area contributed by atoms with Crippen LogP contribution >= 0.6 is 0 Å².